The minimum absolute atomic E-state index is 0.150. The number of aromatic carboxylic acids is 1. The summed E-state index contributed by atoms with van der Waals surface area (Å²) < 4.78 is 12.5. The molecular weight excluding hydrogens is 705 g/mol. The first-order chi connectivity index (χ1) is 26.3. The van der Waals surface area contributed by atoms with Crippen LogP contribution in [0.4, 0.5) is 21.9 Å². The lowest BCUT2D eigenvalue weighted by Crippen LogP contribution is -2.52. The van der Waals surface area contributed by atoms with Gasteiger partial charge in [0, 0.05) is 73.8 Å². The number of carboxylic acids is 1. The molecule has 5 aliphatic rings. The number of piperidine rings is 1. The van der Waals surface area contributed by atoms with Gasteiger partial charge in [0.1, 0.15) is 11.5 Å². The van der Waals surface area contributed by atoms with Gasteiger partial charge in [0.25, 0.3) is 0 Å². The molecular formula is C41H50N6O6S. The van der Waals surface area contributed by atoms with E-state index in [1.807, 2.05) is 24.8 Å². The number of rotatable bonds is 12. The average molecular weight is 755 g/mol. The Morgan fingerprint density at radius 1 is 0.889 bits per heavy atom. The Morgan fingerprint density at radius 2 is 1.56 bits per heavy atom. The third-order valence-corrected chi connectivity index (χ3v) is 12.6. The molecule has 1 spiro atoms. The van der Waals surface area contributed by atoms with E-state index in [0.717, 1.165) is 72.4 Å². The van der Waals surface area contributed by atoms with Gasteiger partial charge in [-0.15, -0.1) is 11.8 Å². The van der Waals surface area contributed by atoms with Gasteiger partial charge in [0.05, 0.1) is 48.3 Å². The number of para-hydroxylation sites is 2. The van der Waals surface area contributed by atoms with E-state index in [1.165, 1.54) is 30.7 Å². The number of likely N-dealkylation sites (tertiary alicyclic amines) is 1. The molecule has 0 bridgehead atoms. The Labute approximate surface area is 321 Å². The molecule has 3 aromatic rings. The number of carbonyl (C=O) groups excluding carboxylic acids is 2. The lowest BCUT2D eigenvalue weighted by Gasteiger charge is -2.39. The summed E-state index contributed by atoms with van der Waals surface area (Å²) in [6.45, 7) is 10.1. The Kier molecular flexibility index (Phi) is 10.4. The number of amides is 3. The van der Waals surface area contributed by atoms with Crippen molar-refractivity contribution in [2.75, 3.05) is 72.3 Å². The Hall–Kier alpha value is -4.46. The minimum Gasteiger partial charge on any atom is -0.494 e. The van der Waals surface area contributed by atoms with E-state index < -0.39 is 5.97 Å². The van der Waals surface area contributed by atoms with Crippen LogP contribution in [0.25, 0.3) is 0 Å². The van der Waals surface area contributed by atoms with Crippen LogP contribution in [0.5, 0.6) is 11.5 Å². The van der Waals surface area contributed by atoms with Gasteiger partial charge in [-0.25, -0.2) is 9.59 Å². The lowest BCUT2D eigenvalue weighted by molar-refractivity contribution is -0.122. The second-order valence-electron chi connectivity index (χ2n) is 15.0. The number of anilines is 3. The number of carboxylic acid groups (broad SMARTS) is 1. The molecule has 8 rings (SSSR count). The van der Waals surface area contributed by atoms with Crippen LogP contribution in [0.15, 0.2) is 60.7 Å². The highest BCUT2D eigenvalue weighted by atomic mass is 32.2. The predicted molar refractivity (Wildman–Crippen MR) is 211 cm³/mol. The summed E-state index contributed by atoms with van der Waals surface area (Å²) in [6, 6.07) is 19.3. The molecule has 1 saturated carbocycles. The van der Waals surface area contributed by atoms with Crippen LogP contribution >= 0.6 is 11.8 Å². The van der Waals surface area contributed by atoms with Gasteiger partial charge in [0.15, 0.2) is 0 Å². The quantitative estimate of drug-likeness (QED) is 0.241. The van der Waals surface area contributed by atoms with Crippen molar-refractivity contribution in [1.82, 2.24) is 15.1 Å². The fourth-order valence-corrected chi connectivity index (χ4v) is 9.66. The minimum atomic E-state index is -0.988. The van der Waals surface area contributed by atoms with Crippen molar-refractivity contribution in [3.05, 3.63) is 77.4 Å². The first kappa shape index (κ1) is 36.5. The first-order valence-electron chi connectivity index (χ1n) is 19.3. The van der Waals surface area contributed by atoms with Gasteiger partial charge in [0.2, 0.25) is 5.91 Å². The van der Waals surface area contributed by atoms with Gasteiger partial charge in [-0.2, -0.15) is 0 Å². The normalized spacial score (nSPS) is 21.3. The van der Waals surface area contributed by atoms with E-state index in [-0.39, 0.29) is 29.1 Å². The Morgan fingerprint density at radius 3 is 2.20 bits per heavy atom. The van der Waals surface area contributed by atoms with Gasteiger partial charge in [-0.1, -0.05) is 12.1 Å². The zero-order valence-electron chi connectivity index (χ0n) is 31.2. The van der Waals surface area contributed by atoms with Crippen LogP contribution in [-0.4, -0.2) is 108 Å². The summed E-state index contributed by atoms with van der Waals surface area (Å²) >= 11 is 1.81. The molecule has 0 unspecified atom stereocenters. The maximum Gasteiger partial charge on any atom is 0.335 e. The summed E-state index contributed by atoms with van der Waals surface area (Å²) in [6.07, 6.45) is 4.05. The molecule has 1 aliphatic carbocycles. The molecule has 286 valence electrons. The molecule has 0 aromatic heterocycles. The maximum atomic E-state index is 14.3. The number of thioether (sulfide) groups is 1. The van der Waals surface area contributed by atoms with Gasteiger partial charge >= 0.3 is 12.0 Å². The third kappa shape index (κ3) is 7.33. The van der Waals surface area contributed by atoms with Crippen molar-refractivity contribution in [2.45, 2.75) is 70.2 Å². The summed E-state index contributed by atoms with van der Waals surface area (Å²) in [4.78, 5) is 49.6. The smallest absolute Gasteiger partial charge is 0.335 e. The summed E-state index contributed by atoms with van der Waals surface area (Å²) in [5.74, 6) is 2.37. The number of urea groups is 1. The zero-order valence-corrected chi connectivity index (χ0v) is 32.0. The molecule has 12 nitrogen and oxygen atoms in total. The van der Waals surface area contributed by atoms with E-state index in [0.29, 0.717) is 51.1 Å². The third-order valence-electron chi connectivity index (χ3n) is 11.5. The van der Waals surface area contributed by atoms with E-state index in [9.17, 15) is 19.5 Å². The average Bonchev–Trinajstić information content (AvgIpc) is 3.84. The largest absolute Gasteiger partial charge is 0.494 e. The predicted octanol–water partition coefficient (Wildman–Crippen LogP) is 5.64. The SMILES string of the molecule is CCOc1cc(CN2CSC[C@@H]2C(=O)N2CCN(C3CC3)c3ccccc32)c(OCC)cc1CN1CCC2(CC1)CN(c1ccc(C(=O)O)cc1)C(=O)N2. The standard InChI is InChI=1S/C41H50N6O6S/c1-3-52-36-22-30(24-44-27-54-25-35(44)38(48)46-20-19-45(31-13-14-31)33-7-5-6-8-34(33)46)37(53-4-2)21-29(36)23-43-17-15-41(16-18-43)26-47(40(51)42-41)32-11-9-28(10-12-32)39(49)50/h5-12,21-22,31,35H,3-4,13-20,23-27H2,1-2H3,(H,42,51)(H,49,50)/t35-/m1/s1. The molecule has 0 radical (unpaired) electrons. The first-order valence-corrected chi connectivity index (χ1v) is 20.5. The molecule has 2 N–H and O–H groups in total. The van der Waals surface area contributed by atoms with E-state index in [2.05, 4.69) is 50.3 Å². The van der Waals surface area contributed by atoms with E-state index in [1.54, 1.807) is 28.8 Å². The van der Waals surface area contributed by atoms with Crippen LogP contribution in [0.3, 0.4) is 0 Å². The highest BCUT2D eigenvalue weighted by Gasteiger charge is 2.45. The highest BCUT2D eigenvalue weighted by molar-refractivity contribution is 7.99. The molecule has 1 atom stereocenters. The fraction of sp³-hybridized carbons (Fsp3) is 0.488. The van der Waals surface area contributed by atoms with Crippen LogP contribution < -0.4 is 29.5 Å². The number of hydrogen-bond acceptors (Lipinski definition) is 9. The highest BCUT2D eigenvalue weighted by Crippen LogP contribution is 2.41. The van der Waals surface area contributed by atoms with Gasteiger partial charge in [-0.05, 0) is 88.1 Å². The fourth-order valence-electron chi connectivity index (χ4n) is 8.47. The molecule has 54 heavy (non-hydrogen) atoms. The van der Waals surface area contributed by atoms with E-state index >= 15 is 0 Å². The van der Waals surface area contributed by atoms with Crippen molar-refractivity contribution < 1.29 is 29.0 Å². The number of hydrogen-bond donors (Lipinski definition) is 2. The lowest BCUT2D eigenvalue weighted by atomic mass is 9.88. The summed E-state index contributed by atoms with van der Waals surface area (Å²) in [5, 5.41) is 12.5. The summed E-state index contributed by atoms with van der Waals surface area (Å²) in [5.41, 5.74) is 4.84. The maximum absolute atomic E-state index is 14.3. The Bertz CT molecular complexity index is 1880. The van der Waals surface area contributed by atoms with Crippen LogP contribution in [0, 0.1) is 0 Å². The number of nitrogens with one attached hydrogen (secondary N) is 1. The molecule has 3 saturated heterocycles. The number of nitrogens with zero attached hydrogens (tertiary/aromatic N) is 5. The molecule has 3 amide bonds. The topological polar surface area (TPSA) is 118 Å². The second kappa shape index (κ2) is 15.3. The molecule has 4 fully saturated rings. The van der Waals surface area contributed by atoms with Crippen molar-refractivity contribution in [2.24, 2.45) is 0 Å². The van der Waals surface area contributed by atoms with Crippen molar-refractivity contribution >= 4 is 46.7 Å². The van der Waals surface area contributed by atoms with Gasteiger partial charge in [-0.3, -0.25) is 19.5 Å². The molecule has 4 aliphatic heterocycles. The second-order valence-corrected chi connectivity index (χ2v) is 16.0. The molecule has 4 heterocycles. The Balaban J connectivity index is 0.947. The monoisotopic (exact) mass is 754 g/mol. The van der Waals surface area contributed by atoms with Crippen molar-refractivity contribution in [3.8, 4) is 11.5 Å². The zero-order chi connectivity index (χ0) is 37.4. The summed E-state index contributed by atoms with van der Waals surface area (Å²) in [7, 11) is 0. The number of ether oxygens (including phenoxy) is 2. The van der Waals surface area contributed by atoms with Crippen LogP contribution in [-0.2, 0) is 17.9 Å². The van der Waals surface area contributed by atoms with Gasteiger partial charge < -0.3 is 29.7 Å². The van der Waals surface area contributed by atoms with Crippen molar-refractivity contribution in [1.29, 1.82) is 0 Å². The number of carbonyl (C=O) groups is 3. The van der Waals surface area contributed by atoms with Crippen LogP contribution in [0.1, 0.15) is 61.0 Å². The van der Waals surface area contributed by atoms with E-state index in [4.69, 9.17) is 9.47 Å². The molecule has 3 aromatic carbocycles. The number of benzene rings is 3. The molecule has 13 heteroatoms. The van der Waals surface area contributed by atoms with Crippen molar-refractivity contribution in [3.63, 3.8) is 0 Å². The van der Waals surface area contributed by atoms with Crippen LogP contribution in [0.2, 0.25) is 0 Å². The number of fused-ring (bicyclic) bond motifs is 1.